The Kier molecular flexibility index (Phi) is 4.05. The second kappa shape index (κ2) is 5.11. The number of halogens is 1. The summed E-state index contributed by atoms with van der Waals surface area (Å²) in [4.78, 5) is 0. The normalized spacial score (nSPS) is 14.8. The van der Waals surface area contributed by atoms with Gasteiger partial charge < -0.3 is 27.0 Å². The van der Waals surface area contributed by atoms with Crippen LogP contribution >= 0.6 is 0 Å². The van der Waals surface area contributed by atoms with Crippen LogP contribution in [0.5, 0.6) is 0 Å². The predicted molar refractivity (Wildman–Crippen MR) is 60.1 cm³/mol. The molecule has 0 heterocycles. The molecule has 5 nitrogen and oxygen atoms in total. The molecule has 6 heteroatoms. The fourth-order valence-corrected chi connectivity index (χ4v) is 1.43. The zero-order valence-corrected chi connectivity index (χ0v) is 8.94. The van der Waals surface area contributed by atoms with Gasteiger partial charge in [-0.2, -0.15) is 0 Å². The van der Waals surface area contributed by atoms with Crippen LogP contribution in [0.2, 0.25) is 0 Å². The van der Waals surface area contributed by atoms with Crippen LogP contribution in [0.3, 0.4) is 0 Å². The molecule has 0 aliphatic rings. The van der Waals surface area contributed by atoms with Crippen molar-refractivity contribution in [3.63, 3.8) is 0 Å². The van der Waals surface area contributed by atoms with E-state index in [1.165, 1.54) is 0 Å². The van der Waals surface area contributed by atoms with Gasteiger partial charge in [-0.25, -0.2) is 4.39 Å². The van der Waals surface area contributed by atoms with Gasteiger partial charge in [0, 0.05) is 12.1 Å². The highest BCUT2D eigenvalue weighted by molar-refractivity contribution is 5.68. The Labute approximate surface area is 92.9 Å². The van der Waals surface area contributed by atoms with Crippen LogP contribution in [0.4, 0.5) is 15.8 Å². The maximum absolute atomic E-state index is 13.1. The number of nitrogens with one attached hydrogen (secondary N) is 1. The number of hydrogen-bond donors (Lipinski definition) is 5. The maximum atomic E-state index is 13.1. The number of aliphatic hydroxyl groups is 2. The molecule has 1 rings (SSSR count). The highest BCUT2D eigenvalue weighted by Gasteiger charge is 2.21. The fourth-order valence-electron chi connectivity index (χ4n) is 1.43. The first-order valence-electron chi connectivity index (χ1n) is 4.82. The second-order valence-electron chi connectivity index (χ2n) is 3.57. The molecular formula is C10H16FN3O2. The summed E-state index contributed by atoms with van der Waals surface area (Å²) >= 11 is 0. The van der Waals surface area contributed by atoms with Crippen molar-refractivity contribution in [2.45, 2.75) is 12.2 Å². The molecule has 0 bridgehead atoms. The van der Waals surface area contributed by atoms with Crippen molar-refractivity contribution in [1.29, 1.82) is 0 Å². The lowest BCUT2D eigenvalue weighted by Gasteiger charge is -2.20. The van der Waals surface area contributed by atoms with Gasteiger partial charge in [-0.05, 0) is 19.2 Å². The smallest absolute Gasteiger partial charge is 0.125 e. The van der Waals surface area contributed by atoms with E-state index in [0.29, 0.717) is 0 Å². The highest BCUT2D eigenvalue weighted by Crippen LogP contribution is 2.28. The van der Waals surface area contributed by atoms with E-state index in [0.717, 1.165) is 12.1 Å². The van der Waals surface area contributed by atoms with Crippen molar-refractivity contribution in [1.82, 2.24) is 5.32 Å². The molecule has 0 amide bonds. The fraction of sp³-hybridized carbons (Fsp3) is 0.400. The first-order valence-corrected chi connectivity index (χ1v) is 4.82. The van der Waals surface area contributed by atoms with E-state index in [4.69, 9.17) is 11.5 Å². The van der Waals surface area contributed by atoms with E-state index in [2.05, 4.69) is 5.32 Å². The highest BCUT2D eigenvalue weighted by atomic mass is 19.1. The van der Waals surface area contributed by atoms with Crippen LogP contribution in [0, 0.1) is 5.82 Å². The molecule has 0 saturated carbocycles. The second-order valence-corrected chi connectivity index (χ2v) is 3.57. The zero-order valence-electron chi connectivity index (χ0n) is 8.94. The van der Waals surface area contributed by atoms with Crippen LogP contribution < -0.4 is 16.8 Å². The monoisotopic (exact) mass is 229 g/mol. The first kappa shape index (κ1) is 12.7. The number of hydrogen-bond acceptors (Lipinski definition) is 5. The molecule has 0 spiro atoms. The van der Waals surface area contributed by atoms with Crippen molar-refractivity contribution >= 4 is 11.4 Å². The van der Waals surface area contributed by atoms with E-state index in [1.54, 1.807) is 7.05 Å². The van der Waals surface area contributed by atoms with Crippen molar-refractivity contribution in [3.05, 3.63) is 23.5 Å². The molecule has 16 heavy (non-hydrogen) atoms. The van der Waals surface area contributed by atoms with E-state index in [-0.39, 0.29) is 23.5 Å². The molecule has 0 radical (unpaired) electrons. The minimum atomic E-state index is -1.27. The molecule has 0 aromatic heterocycles. The third-order valence-corrected chi connectivity index (χ3v) is 2.31. The Hall–Kier alpha value is -1.37. The van der Waals surface area contributed by atoms with Crippen LogP contribution in [-0.2, 0) is 0 Å². The summed E-state index contributed by atoms with van der Waals surface area (Å²) < 4.78 is 13.1. The van der Waals surface area contributed by atoms with Crippen LogP contribution in [0.25, 0.3) is 0 Å². The van der Waals surface area contributed by atoms with E-state index < -0.39 is 18.0 Å². The summed E-state index contributed by atoms with van der Waals surface area (Å²) in [7, 11) is 1.62. The van der Waals surface area contributed by atoms with Crippen molar-refractivity contribution in [2.24, 2.45) is 0 Å². The molecule has 7 N–H and O–H groups in total. The number of aliphatic hydroxyl groups excluding tert-OH is 2. The summed E-state index contributed by atoms with van der Waals surface area (Å²) in [6.45, 7) is 0.164. The topological polar surface area (TPSA) is 105 Å². The Balaban J connectivity index is 3.03. The lowest BCUT2D eigenvalue weighted by atomic mass is 10.0. The molecule has 2 atom stereocenters. The van der Waals surface area contributed by atoms with Gasteiger partial charge in [-0.1, -0.05) is 0 Å². The van der Waals surface area contributed by atoms with Crippen LogP contribution in [0.1, 0.15) is 11.7 Å². The van der Waals surface area contributed by atoms with Crippen molar-refractivity contribution in [2.75, 3.05) is 25.1 Å². The molecule has 1 aromatic carbocycles. The third kappa shape index (κ3) is 2.60. The van der Waals surface area contributed by atoms with Gasteiger partial charge in [0.1, 0.15) is 11.9 Å². The summed E-state index contributed by atoms with van der Waals surface area (Å²) in [5.41, 5.74) is 11.3. The molecule has 2 unspecified atom stereocenters. The van der Waals surface area contributed by atoms with Crippen LogP contribution in [0.15, 0.2) is 12.1 Å². The van der Waals surface area contributed by atoms with Gasteiger partial charge in [-0.15, -0.1) is 0 Å². The lowest BCUT2D eigenvalue weighted by molar-refractivity contribution is 0.0205. The Bertz CT molecular complexity index is 373. The van der Waals surface area contributed by atoms with Gasteiger partial charge in [0.15, 0.2) is 0 Å². The Morgan fingerprint density at radius 1 is 1.38 bits per heavy atom. The number of nitrogen functional groups attached to an aromatic ring is 2. The average molecular weight is 229 g/mol. The third-order valence-electron chi connectivity index (χ3n) is 2.31. The van der Waals surface area contributed by atoms with Gasteiger partial charge in [-0.3, -0.25) is 0 Å². The number of nitrogens with two attached hydrogens (primary N) is 2. The first-order chi connectivity index (χ1) is 7.47. The maximum Gasteiger partial charge on any atom is 0.125 e. The lowest BCUT2D eigenvalue weighted by Crippen LogP contribution is -2.30. The molecule has 0 saturated heterocycles. The summed E-state index contributed by atoms with van der Waals surface area (Å²) in [5.74, 6) is -0.600. The van der Waals surface area contributed by atoms with E-state index in [1.807, 2.05) is 0 Å². The summed E-state index contributed by atoms with van der Waals surface area (Å²) in [6, 6.07) is 2.13. The van der Waals surface area contributed by atoms with Crippen molar-refractivity contribution < 1.29 is 14.6 Å². The van der Waals surface area contributed by atoms with E-state index >= 15 is 0 Å². The Morgan fingerprint density at radius 3 is 2.56 bits per heavy atom. The SMILES string of the molecule is CNCC(O)C(O)c1cc(F)cc(N)c1N. The molecular weight excluding hydrogens is 213 g/mol. The molecule has 1 aromatic rings. The van der Waals surface area contributed by atoms with Crippen LogP contribution in [-0.4, -0.2) is 29.9 Å². The number of anilines is 2. The van der Waals surface area contributed by atoms with Gasteiger partial charge in [0.05, 0.1) is 17.5 Å². The predicted octanol–water partition coefficient (Wildman–Crippen LogP) is -0.396. The molecule has 90 valence electrons. The van der Waals surface area contributed by atoms with Gasteiger partial charge in [0.25, 0.3) is 0 Å². The number of rotatable bonds is 4. The minimum Gasteiger partial charge on any atom is -0.397 e. The minimum absolute atomic E-state index is 0.0470. The zero-order chi connectivity index (χ0) is 12.3. The number of benzene rings is 1. The molecule has 0 aliphatic carbocycles. The van der Waals surface area contributed by atoms with Crippen molar-refractivity contribution in [3.8, 4) is 0 Å². The van der Waals surface area contributed by atoms with Gasteiger partial charge in [0.2, 0.25) is 0 Å². The molecule has 0 aliphatic heterocycles. The largest absolute Gasteiger partial charge is 0.397 e. The quantitative estimate of drug-likeness (QED) is 0.452. The average Bonchev–Trinajstić information content (AvgIpc) is 2.22. The standard InChI is InChI=1S/C10H16FN3O2/c1-14-4-8(15)10(16)6-2-5(11)3-7(12)9(6)13/h2-3,8,10,14-16H,4,12-13H2,1H3. The molecule has 0 fully saturated rings. The Morgan fingerprint density at radius 2 is 2.00 bits per heavy atom. The summed E-state index contributed by atoms with van der Waals surface area (Å²) in [5, 5.41) is 22.0. The van der Waals surface area contributed by atoms with Gasteiger partial charge >= 0.3 is 0 Å². The van der Waals surface area contributed by atoms with E-state index in [9.17, 15) is 14.6 Å². The summed E-state index contributed by atoms with van der Waals surface area (Å²) in [6.07, 6.45) is -2.35. The number of likely N-dealkylation sites (N-methyl/N-ethyl adjacent to an activating group) is 1.